The Bertz CT molecular complexity index is 572. The highest BCUT2D eigenvalue weighted by Crippen LogP contribution is 2.27. The minimum Gasteiger partial charge on any atom is -0.352 e. The number of hydrogen-bond acceptors (Lipinski definition) is 3. The van der Waals surface area contributed by atoms with Crippen molar-refractivity contribution in [3.8, 4) is 0 Å². The van der Waals surface area contributed by atoms with Crippen LogP contribution in [0.25, 0.3) is 0 Å². The third-order valence-corrected chi connectivity index (χ3v) is 4.92. The summed E-state index contributed by atoms with van der Waals surface area (Å²) in [5.74, 6) is -0.0904. The summed E-state index contributed by atoms with van der Waals surface area (Å²) < 4.78 is 0.926. The van der Waals surface area contributed by atoms with Gasteiger partial charge in [-0.05, 0) is 36.1 Å². The Labute approximate surface area is 145 Å². The van der Waals surface area contributed by atoms with Crippen molar-refractivity contribution in [2.24, 2.45) is 11.1 Å². The van der Waals surface area contributed by atoms with E-state index in [1.807, 2.05) is 17.0 Å². The summed E-state index contributed by atoms with van der Waals surface area (Å²) in [6, 6.07) is 7.26. The molecule has 1 aromatic carbocycles. The van der Waals surface area contributed by atoms with Crippen LogP contribution in [0.1, 0.15) is 37.0 Å². The number of likely N-dealkylation sites (tertiary alicyclic amines) is 1. The van der Waals surface area contributed by atoms with Crippen molar-refractivity contribution in [1.82, 2.24) is 10.2 Å². The van der Waals surface area contributed by atoms with E-state index in [9.17, 15) is 9.59 Å². The van der Waals surface area contributed by atoms with Crippen LogP contribution in [0.5, 0.6) is 0 Å². The maximum Gasteiger partial charge on any atom is 0.251 e. The van der Waals surface area contributed by atoms with E-state index in [0.29, 0.717) is 31.6 Å². The second-order valence-electron chi connectivity index (χ2n) is 6.71. The second kappa shape index (κ2) is 7.45. The fourth-order valence-corrected chi connectivity index (χ4v) is 3.00. The smallest absolute Gasteiger partial charge is 0.251 e. The number of rotatable bonds is 4. The molecule has 0 spiro atoms. The first-order chi connectivity index (χ1) is 10.8. The minimum atomic E-state index is -0.161. The summed E-state index contributed by atoms with van der Waals surface area (Å²) in [5.41, 5.74) is 6.62. The summed E-state index contributed by atoms with van der Waals surface area (Å²) in [4.78, 5) is 26.1. The van der Waals surface area contributed by atoms with Crippen molar-refractivity contribution in [3.63, 3.8) is 0 Å². The van der Waals surface area contributed by atoms with E-state index < -0.39 is 0 Å². The largest absolute Gasteiger partial charge is 0.352 e. The molecule has 23 heavy (non-hydrogen) atoms. The van der Waals surface area contributed by atoms with Gasteiger partial charge in [-0.2, -0.15) is 0 Å². The van der Waals surface area contributed by atoms with Crippen LogP contribution in [-0.2, 0) is 4.79 Å². The SMILES string of the molecule is CC1(C)CN(C(=O)CCNC(=O)c2ccc(Br)cc2)CCC1N. The molecule has 1 aliphatic rings. The summed E-state index contributed by atoms with van der Waals surface area (Å²) >= 11 is 3.33. The predicted octanol–water partition coefficient (Wildman–Crippen LogP) is 2.15. The molecule has 3 N–H and O–H groups in total. The zero-order valence-electron chi connectivity index (χ0n) is 13.6. The molecule has 0 radical (unpaired) electrons. The molecule has 126 valence electrons. The van der Waals surface area contributed by atoms with Crippen molar-refractivity contribution in [2.45, 2.75) is 32.7 Å². The summed E-state index contributed by atoms with van der Waals surface area (Å²) in [6.45, 7) is 5.90. The Kier molecular flexibility index (Phi) is 5.81. The van der Waals surface area contributed by atoms with Crippen LogP contribution in [0.15, 0.2) is 28.7 Å². The van der Waals surface area contributed by atoms with E-state index in [1.54, 1.807) is 12.1 Å². The van der Waals surface area contributed by atoms with E-state index >= 15 is 0 Å². The van der Waals surface area contributed by atoms with Crippen LogP contribution in [0.3, 0.4) is 0 Å². The Morgan fingerprint density at radius 2 is 2.00 bits per heavy atom. The Morgan fingerprint density at radius 1 is 1.35 bits per heavy atom. The highest BCUT2D eigenvalue weighted by Gasteiger charge is 2.34. The predicted molar refractivity (Wildman–Crippen MR) is 94.0 cm³/mol. The van der Waals surface area contributed by atoms with Crippen LogP contribution < -0.4 is 11.1 Å². The normalized spacial score (nSPS) is 20.2. The summed E-state index contributed by atoms with van der Waals surface area (Å²) in [5, 5.41) is 2.79. The van der Waals surface area contributed by atoms with Gasteiger partial charge in [0.15, 0.2) is 0 Å². The lowest BCUT2D eigenvalue weighted by atomic mass is 9.79. The maximum absolute atomic E-state index is 12.3. The molecule has 1 atom stereocenters. The lowest BCUT2D eigenvalue weighted by Crippen LogP contribution is -2.54. The van der Waals surface area contributed by atoms with Gasteiger partial charge in [-0.1, -0.05) is 29.8 Å². The second-order valence-corrected chi connectivity index (χ2v) is 7.63. The lowest BCUT2D eigenvalue weighted by molar-refractivity contribution is -0.134. The maximum atomic E-state index is 12.3. The molecule has 1 fully saturated rings. The molecule has 0 aliphatic carbocycles. The molecule has 0 aromatic heterocycles. The molecule has 2 rings (SSSR count). The Morgan fingerprint density at radius 3 is 2.61 bits per heavy atom. The Balaban J connectivity index is 1.78. The molecule has 0 saturated carbocycles. The first-order valence-electron chi connectivity index (χ1n) is 7.87. The van der Waals surface area contributed by atoms with Gasteiger partial charge in [0.05, 0.1) is 0 Å². The molecule has 1 aliphatic heterocycles. The fraction of sp³-hybridized carbons (Fsp3) is 0.529. The number of carbonyl (C=O) groups is 2. The van der Waals surface area contributed by atoms with Crippen molar-refractivity contribution in [2.75, 3.05) is 19.6 Å². The van der Waals surface area contributed by atoms with Gasteiger partial charge in [0.2, 0.25) is 5.91 Å². The standard InChI is InChI=1S/C17H24BrN3O2/c1-17(2)11-21(10-8-14(17)19)15(22)7-9-20-16(23)12-3-5-13(18)6-4-12/h3-6,14H,7-11,19H2,1-2H3,(H,20,23). The van der Waals surface area contributed by atoms with Gasteiger partial charge in [0, 0.05) is 42.1 Å². The quantitative estimate of drug-likeness (QED) is 0.838. The summed E-state index contributed by atoms with van der Waals surface area (Å²) in [7, 11) is 0. The number of amides is 2. The van der Waals surface area contributed by atoms with Gasteiger partial charge < -0.3 is 16.0 Å². The molecular weight excluding hydrogens is 358 g/mol. The van der Waals surface area contributed by atoms with Crippen molar-refractivity contribution < 1.29 is 9.59 Å². The topological polar surface area (TPSA) is 75.4 Å². The van der Waals surface area contributed by atoms with Gasteiger partial charge in [-0.15, -0.1) is 0 Å². The summed E-state index contributed by atoms with van der Waals surface area (Å²) in [6.07, 6.45) is 1.14. The first-order valence-corrected chi connectivity index (χ1v) is 8.66. The number of nitrogens with two attached hydrogens (primary N) is 1. The number of nitrogens with zero attached hydrogens (tertiary/aromatic N) is 1. The third-order valence-electron chi connectivity index (χ3n) is 4.40. The molecule has 1 saturated heterocycles. The number of nitrogens with one attached hydrogen (secondary N) is 1. The molecular formula is C17H24BrN3O2. The van der Waals surface area contributed by atoms with E-state index in [4.69, 9.17) is 5.73 Å². The molecule has 2 amide bonds. The lowest BCUT2D eigenvalue weighted by Gasteiger charge is -2.42. The van der Waals surface area contributed by atoms with Gasteiger partial charge in [0.25, 0.3) is 5.91 Å². The number of benzene rings is 1. The monoisotopic (exact) mass is 381 g/mol. The van der Waals surface area contributed by atoms with Crippen LogP contribution in [0, 0.1) is 5.41 Å². The van der Waals surface area contributed by atoms with Gasteiger partial charge >= 0.3 is 0 Å². The van der Waals surface area contributed by atoms with E-state index in [2.05, 4.69) is 35.1 Å². The zero-order valence-corrected chi connectivity index (χ0v) is 15.2. The zero-order chi connectivity index (χ0) is 17.0. The number of hydrogen-bond donors (Lipinski definition) is 2. The van der Waals surface area contributed by atoms with Crippen LogP contribution in [-0.4, -0.2) is 42.4 Å². The highest BCUT2D eigenvalue weighted by molar-refractivity contribution is 9.10. The van der Waals surface area contributed by atoms with E-state index in [0.717, 1.165) is 10.9 Å². The van der Waals surface area contributed by atoms with Crippen LogP contribution >= 0.6 is 15.9 Å². The van der Waals surface area contributed by atoms with Gasteiger partial charge in [-0.3, -0.25) is 9.59 Å². The van der Waals surface area contributed by atoms with Crippen molar-refractivity contribution in [1.29, 1.82) is 0 Å². The number of carbonyl (C=O) groups excluding carboxylic acids is 2. The molecule has 6 heteroatoms. The number of piperidine rings is 1. The van der Waals surface area contributed by atoms with Crippen LogP contribution in [0.4, 0.5) is 0 Å². The Hall–Kier alpha value is -1.40. The molecule has 1 unspecified atom stereocenters. The molecule has 1 heterocycles. The molecule has 0 bridgehead atoms. The fourth-order valence-electron chi connectivity index (χ4n) is 2.73. The average molecular weight is 382 g/mol. The van der Waals surface area contributed by atoms with E-state index in [-0.39, 0.29) is 23.3 Å². The number of halogens is 1. The van der Waals surface area contributed by atoms with Crippen LogP contribution in [0.2, 0.25) is 0 Å². The molecule has 1 aromatic rings. The van der Waals surface area contributed by atoms with Gasteiger partial charge in [-0.25, -0.2) is 0 Å². The minimum absolute atomic E-state index is 0.0609. The third kappa shape index (κ3) is 4.78. The van der Waals surface area contributed by atoms with Crippen molar-refractivity contribution >= 4 is 27.7 Å². The van der Waals surface area contributed by atoms with Crippen molar-refractivity contribution in [3.05, 3.63) is 34.3 Å². The average Bonchev–Trinajstić information content (AvgIpc) is 2.50. The van der Waals surface area contributed by atoms with E-state index in [1.165, 1.54) is 0 Å². The van der Waals surface area contributed by atoms with Gasteiger partial charge in [0.1, 0.15) is 0 Å². The first kappa shape index (κ1) is 17.9. The molecule has 5 nitrogen and oxygen atoms in total. The highest BCUT2D eigenvalue weighted by atomic mass is 79.9.